The number of methoxy groups -OCH3 is 1. The van der Waals surface area contributed by atoms with Crippen molar-refractivity contribution < 1.29 is 19.3 Å². The van der Waals surface area contributed by atoms with Crippen LogP contribution in [0.5, 0.6) is 0 Å². The molecule has 0 aromatic heterocycles. The highest BCUT2D eigenvalue weighted by Gasteiger charge is 2.47. The zero-order chi connectivity index (χ0) is 16.6. The average molecular weight is 318 g/mol. The van der Waals surface area contributed by atoms with E-state index in [4.69, 9.17) is 14.2 Å². The number of benzene rings is 1. The van der Waals surface area contributed by atoms with Gasteiger partial charge in [0.15, 0.2) is 10.8 Å². The van der Waals surface area contributed by atoms with E-state index in [0.717, 1.165) is 5.69 Å². The van der Waals surface area contributed by atoms with Gasteiger partial charge < -0.3 is 24.2 Å². The van der Waals surface area contributed by atoms with Crippen molar-refractivity contribution in [2.45, 2.75) is 31.8 Å². The minimum absolute atomic E-state index is 0.00688. The van der Waals surface area contributed by atoms with Crippen LogP contribution in [-0.4, -0.2) is 43.3 Å². The van der Waals surface area contributed by atoms with E-state index in [1.54, 1.807) is 12.1 Å². The number of aliphatic hydroxyl groups excluding tert-OH is 1. The molecule has 2 atom stereocenters. The summed E-state index contributed by atoms with van der Waals surface area (Å²) in [5.74, 6) is -0.992. The molecule has 0 amide bonds. The van der Waals surface area contributed by atoms with Gasteiger partial charge in [-0.1, -0.05) is 12.1 Å². The van der Waals surface area contributed by atoms with Crippen LogP contribution in [0.15, 0.2) is 30.2 Å². The fourth-order valence-electron chi connectivity index (χ4n) is 3.18. The summed E-state index contributed by atoms with van der Waals surface area (Å²) in [6, 6.07) is 7.35. The Bertz CT molecular complexity index is 664. The highest BCUT2D eigenvalue weighted by molar-refractivity contribution is 5.80. The summed E-state index contributed by atoms with van der Waals surface area (Å²) < 4.78 is 16.6. The number of nitrogens with zero attached hydrogens (tertiary/aromatic N) is 3. The molecule has 0 saturated carbocycles. The van der Waals surface area contributed by atoms with Gasteiger partial charge in [0, 0.05) is 13.1 Å². The lowest BCUT2D eigenvalue weighted by atomic mass is 10.1. The first-order valence-corrected chi connectivity index (χ1v) is 7.47. The number of anilines is 1. The summed E-state index contributed by atoms with van der Waals surface area (Å²) in [6.07, 6.45) is -0.0138. The minimum atomic E-state index is -0.555. The van der Waals surface area contributed by atoms with E-state index < -0.39 is 11.7 Å². The first-order chi connectivity index (χ1) is 10.9. The van der Waals surface area contributed by atoms with Crippen LogP contribution in [0.25, 0.3) is 10.7 Å². The third kappa shape index (κ3) is 2.83. The molecule has 122 valence electrons. The second-order valence-corrected chi connectivity index (χ2v) is 6.09. The number of ether oxygens (including phenoxy) is 3. The zero-order valence-corrected chi connectivity index (χ0v) is 13.4. The van der Waals surface area contributed by atoms with E-state index in [0.29, 0.717) is 18.7 Å². The molecule has 2 aliphatic rings. The van der Waals surface area contributed by atoms with Crippen molar-refractivity contribution in [3.05, 3.63) is 40.8 Å². The molecule has 3 rings (SSSR count). The highest BCUT2D eigenvalue weighted by Crippen LogP contribution is 2.37. The summed E-state index contributed by atoms with van der Waals surface area (Å²) in [6.45, 7) is 5.15. The summed E-state index contributed by atoms with van der Waals surface area (Å²) in [7, 11) is 1.31. The third-order valence-corrected chi connectivity index (χ3v) is 4.08. The monoisotopic (exact) mass is 318 g/mol. The molecule has 1 aromatic carbocycles. The average Bonchev–Trinajstić information content (AvgIpc) is 3.01. The summed E-state index contributed by atoms with van der Waals surface area (Å²) in [4.78, 5) is 5.26. The lowest BCUT2D eigenvalue weighted by molar-refractivity contribution is -0.147. The zero-order valence-electron chi connectivity index (χ0n) is 13.4. The molecule has 0 radical (unpaired) electrons. The maximum absolute atomic E-state index is 9.80. The van der Waals surface area contributed by atoms with E-state index in [1.807, 2.05) is 26.0 Å². The Morgan fingerprint density at radius 1 is 1.30 bits per heavy atom. The largest absolute Gasteiger partial charge is 0.475 e. The summed E-state index contributed by atoms with van der Waals surface area (Å²) in [5.41, 5.74) is 1.39. The summed E-state index contributed by atoms with van der Waals surface area (Å²) in [5, 5.41) is 19.0. The van der Waals surface area contributed by atoms with Crippen LogP contribution >= 0.6 is 0 Å². The first-order valence-electron chi connectivity index (χ1n) is 7.47. The maximum atomic E-state index is 9.80. The van der Waals surface area contributed by atoms with Gasteiger partial charge in [0.05, 0.1) is 12.8 Å². The minimum Gasteiger partial charge on any atom is -0.475 e. The number of para-hydroxylation sites is 1. The van der Waals surface area contributed by atoms with Gasteiger partial charge in [-0.25, -0.2) is 0 Å². The van der Waals surface area contributed by atoms with E-state index in [-0.39, 0.29) is 17.9 Å². The lowest BCUT2D eigenvalue weighted by Gasteiger charge is -2.24. The normalized spacial score (nSPS) is 26.4. The Morgan fingerprint density at radius 3 is 2.48 bits per heavy atom. The Morgan fingerprint density at radius 2 is 1.91 bits per heavy atom. The van der Waals surface area contributed by atoms with Crippen LogP contribution in [-0.2, 0) is 14.2 Å². The van der Waals surface area contributed by atoms with Crippen LogP contribution in [0.2, 0.25) is 0 Å². The summed E-state index contributed by atoms with van der Waals surface area (Å²) >= 11 is 0. The van der Waals surface area contributed by atoms with Gasteiger partial charge in [-0.2, -0.15) is 0 Å². The van der Waals surface area contributed by atoms with Gasteiger partial charge in [0.2, 0.25) is 5.39 Å². The van der Waals surface area contributed by atoms with Gasteiger partial charge >= 0.3 is 11.6 Å². The standard InChI is InChI=1S/C16H19N3O4/c1-16(2)22-12-8-19(9-13(12)23-16)11-7-5-4-6-10(11)14(18-17)15(20)21-3/h4-7,12-13H,8-9H2,1-3H3/p+1/b15-14+/t12-,13+. The third-order valence-electron chi connectivity index (χ3n) is 4.08. The SMILES string of the molecule is CO/C(O)=C(/[N+]#N)c1ccccc1N1C[C@@H]2OC(C)(C)O[C@@H]2C1. The van der Waals surface area contributed by atoms with Crippen molar-refractivity contribution in [3.8, 4) is 0 Å². The molecule has 0 unspecified atom stereocenters. The predicted octanol–water partition coefficient (Wildman–Crippen LogP) is 2.71. The van der Waals surface area contributed by atoms with Crippen molar-refractivity contribution in [1.29, 1.82) is 5.39 Å². The number of fused-ring (bicyclic) bond motifs is 1. The fraction of sp³-hybridized carbons (Fsp3) is 0.500. The molecule has 0 spiro atoms. The van der Waals surface area contributed by atoms with Crippen molar-refractivity contribution in [1.82, 2.24) is 0 Å². The van der Waals surface area contributed by atoms with E-state index in [1.165, 1.54) is 7.11 Å². The fourth-order valence-corrected chi connectivity index (χ4v) is 3.18. The Kier molecular flexibility index (Phi) is 3.88. The second-order valence-electron chi connectivity index (χ2n) is 6.09. The Hall–Kier alpha value is -2.30. The molecule has 1 aromatic rings. The number of rotatable bonds is 3. The van der Waals surface area contributed by atoms with Crippen molar-refractivity contribution in [2.75, 3.05) is 25.1 Å². The molecule has 0 aliphatic carbocycles. The van der Waals surface area contributed by atoms with Gasteiger partial charge in [-0.05, 0) is 26.0 Å². The second kappa shape index (κ2) is 5.72. The number of hydrogen-bond donors (Lipinski definition) is 1. The smallest absolute Gasteiger partial charge is 0.473 e. The molecular weight excluding hydrogens is 298 g/mol. The molecule has 2 fully saturated rings. The molecule has 0 bridgehead atoms. The van der Waals surface area contributed by atoms with Gasteiger partial charge in [-0.15, -0.1) is 0 Å². The Labute approximate surface area is 134 Å². The molecule has 23 heavy (non-hydrogen) atoms. The number of aliphatic hydroxyl groups is 1. The highest BCUT2D eigenvalue weighted by atomic mass is 16.8. The molecule has 7 nitrogen and oxygen atoms in total. The van der Waals surface area contributed by atoms with Crippen LogP contribution in [0, 0.1) is 5.39 Å². The lowest BCUT2D eigenvalue weighted by Crippen LogP contribution is -2.30. The van der Waals surface area contributed by atoms with E-state index >= 15 is 0 Å². The first kappa shape index (κ1) is 15.6. The quantitative estimate of drug-likeness (QED) is 0.682. The predicted molar refractivity (Wildman–Crippen MR) is 84.1 cm³/mol. The van der Waals surface area contributed by atoms with Crippen LogP contribution < -0.4 is 4.90 Å². The molecule has 1 N–H and O–H groups in total. The molecular formula is C16H20N3O4+. The molecule has 2 heterocycles. The van der Waals surface area contributed by atoms with Crippen LogP contribution in [0.4, 0.5) is 5.69 Å². The van der Waals surface area contributed by atoms with Gasteiger partial charge in [0.1, 0.15) is 17.8 Å². The Balaban J connectivity index is 1.91. The van der Waals surface area contributed by atoms with E-state index in [2.05, 4.69) is 9.88 Å². The van der Waals surface area contributed by atoms with Crippen LogP contribution in [0.1, 0.15) is 19.4 Å². The van der Waals surface area contributed by atoms with Crippen molar-refractivity contribution >= 4 is 11.4 Å². The van der Waals surface area contributed by atoms with Gasteiger partial charge in [0.25, 0.3) is 0 Å². The number of diazo groups is 1. The topological polar surface area (TPSA) is 79.3 Å². The maximum Gasteiger partial charge on any atom is 0.473 e. The van der Waals surface area contributed by atoms with Crippen molar-refractivity contribution in [2.24, 2.45) is 0 Å². The molecule has 2 aliphatic heterocycles. The number of hydrogen-bond acceptors (Lipinski definition) is 6. The van der Waals surface area contributed by atoms with Crippen molar-refractivity contribution in [3.63, 3.8) is 0 Å². The molecule has 2 saturated heterocycles. The van der Waals surface area contributed by atoms with Crippen LogP contribution in [0.3, 0.4) is 0 Å². The van der Waals surface area contributed by atoms with E-state index in [9.17, 15) is 10.5 Å². The molecule has 7 heteroatoms. The van der Waals surface area contributed by atoms with Gasteiger partial charge in [-0.3, -0.25) is 0 Å².